The van der Waals surface area contributed by atoms with E-state index in [0.29, 0.717) is 11.3 Å². The summed E-state index contributed by atoms with van der Waals surface area (Å²) in [5.41, 5.74) is 1.74. The van der Waals surface area contributed by atoms with Crippen LogP contribution in [0.25, 0.3) is 11.3 Å². The van der Waals surface area contributed by atoms with Crippen molar-refractivity contribution in [1.82, 2.24) is 15.3 Å². The Balaban J connectivity index is 2.24. The smallest absolute Gasteiger partial charge is 0.246 e. The number of methoxy groups -OCH3 is 1. The number of carbonyl (C=O) groups excluding carboxylic acids is 2. The van der Waals surface area contributed by atoms with Crippen molar-refractivity contribution >= 4 is 17.8 Å². The maximum absolute atomic E-state index is 13.9. The summed E-state index contributed by atoms with van der Waals surface area (Å²) in [6.45, 7) is 2.91. The van der Waals surface area contributed by atoms with Gasteiger partial charge in [-0.05, 0) is 30.7 Å². The Morgan fingerprint density at radius 2 is 2.08 bits per heavy atom. The Labute approximate surface area is 138 Å². The highest BCUT2D eigenvalue weighted by molar-refractivity contribution is 5.93. The minimum Gasteiger partial charge on any atom is -0.494 e. The number of hydrogen-bond acceptors (Lipinski definition) is 5. The van der Waals surface area contributed by atoms with Crippen molar-refractivity contribution in [2.75, 3.05) is 19.0 Å². The van der Waals surface area contributed by atoms with E-state index in [-0.39, 0.29) is 24.1 Å². The molecule has 1 heterocycles. The van der Waals surface area contributed by atoms with Crippen LogP contribution in [0.3, 0.4) is 0 Å². The molecule has 2 amide bonds. The van der Waals surface area contributed by atoms with Crippen LogP contribution in [0, 0.1) is 12.7 Å². The van der Waals surface area contributed by atoms with Crippen molar-refractivity contribution in [2.45, 2.75) is 13.8 Å². The summed E-state index contributed by atoms with van der Waals surface area (Å²) in [4.78, 5) is 30.8. The molecule has 0 unspecified atom stereocenters. The minimum absolute atomic E-state index is 0.0715. The van der Waals surface area contributed by atoms with Gasteiger partial charge < -0.3 is 10.1 Å². The van der Waals surface area contributed by atoms with Gasteiger partial charge in [0.2, 0.25) is 17.8 Å². The van der Waals surface area contributed by atoms with Crippen LogP contribution < -0.4 is 15.4 Å². The normalized spacial score (nSPS) is 10.2. The second kappa shape index (κ2) is 7.49. The van der Waals surface area contributed by atoms with Crippen LogP contribution >= 0.6 is 0 Å². The number of hydrogen-bond donors (Lipinski definition) is 2. The number of halogens is 1. The van der Waals surface area contributed by atoms with Crippen LogP contribution in [0.4, 0.5) is 10.3 Å². The molecule has 0 fully saturated rings. The summed E-state index contributed by atoms with van der Waals surface area (Å²) < 4.78 is 18.8. The van der Waals surface area contributed by atoms with E-state index in [4.69, 9.17) is 4.74 Å². The summed E-state index contributed by atoms with van der Waals surface area (Å²) in [5.74, 6) is -1.08. The van der Waals surface area contributed by atoms with E-state index >= 15 is 0 Å². The van der Waals surface area contributed by atoms with Gasteiger partial charge in [0.05, 0.1) is 19.3 Å². The number of nitrogens with zero attached hydrogens (tertiary/aromatic N) is 2. The van der Waals surface area contributed by atoms with E-state index in [0.717, 1.165) is 5.56 Å². The van der Waals surface area contributed by atoms with Crippen LogP contribution in [0.15, 0.2) is 24.4 Å². The zero-order valence-electron chi connectivity index (χ0n) is 13.5. The van der Waals surface area contributed by atoms with Crippen molar-refractivity contribution in [1.29, 1.82) is 0 Å². The second-order valence-corrected chi connectivity index (χ2v) is 5.03. The van der Waals surface area contributed by atoms with Crippen LogP contribution in [-0.2, 0) is 9.59 Å². The van der Waals surface area contributed by atoms with E-state index in [2.05, 4.69) is 20.6 Å². The lowest BCUT2D eigenvalue weighted by Crippen LogP contribution is -2.31. The quantitative estimate of drug-likeness (QED) is 0.869. The third-order valence-corrected chi connectivity index (χ3v) is 3.15. The number of aryl methyl sites for hydroxylation is 1. The maximum atomic E-state index is 13.9. The van der Waals surface area contributed by atoms with E-state index in [9.17, 15) is 14.0 Å². The van der Waals surface area contributed by atoms with E-state index in [1.54, 1.807) is 13.0 Å². The molecule has 8 heteroatoms. The summed E-state index contributed by atoms with van der Waals surface area (Å²) in [6.07, 6.45) is 1.53. The first kappa shape index (κ1) is 17.3. The monoisotopic (exact) mass is 332 g/mol. The van der Waals surface area contributed by atoms with Crippen molar-refractivity contribution in [3.8, 4) is 17.0 Å². The fourth-order valence-electron chi connectivity index (χ4n) is 1.98. The van der Waals surface area contributed by atoms with Crippen molar-refractivity contribution < 1.29 is 18.7 Å². The van der Waals surface area contributed by atoms with E-state index < -0.39 is 11.7 Å². The largest absolute Gasteiger partial charge is 0.494 e. The Kier molecular flexibility index (Phi) is 5.41. The van der Waals surface area contributed by atoms with Gasteiger partial charge in [0.25, 0.3) is 0 Å². The van der Waals surface area contributed by atoms with Crippen molar-refractivity contribution in [2.24, 2.45) is 0 Å². The summed E-state index contributed by atoms with van der Waals surface area (Å²) in [7, 11) is 1.39. The second-order valence-electron chi connectivity index (χ2n) is 5.03. The third-order valence-electron chi connectivity index (χ3n) is 3.15. The van der Waals surface area contributed by atoms with E-state index in [1.165, 1.54) is 32.4 Å². The highest BCUT2D eigenvalue weighted by Gasteiger charge is 2.12. The zero-order chi connectivity index (χ0) is 17.7. The predicted octanol–water partition coefficient (Wildman–Crippen LogP) is 1.67. The lowest BCUT2D eigenvalue weighted by molar-refractivity contribution is -0.122. The molecule has 7 nitrogen and oxygen atoms in total. The van der Waals surface area contributed by atoms with Crippen LogP contribution in [0.5, 0.6) is 5.75 Å². The molecular formula is C16H17FN4O3. The maximum Gasteiger partial charge on any atom is 0.246 e. The Bertz CT molecular complexity index is 780. The molecule has 0 saturated carbocycles. The van der Waals surface area contributed by atoms with Gasteiger partial charge in [-0.1, -0.05) is 0 Å². The van der Waals surface area contributed by atoms with Gasteiger partial charge in [-0.2, -0.15) is 0 Å². The minimum atomic E-state index is -0.510. The molecule has 0 bridgehead atoms. The van der Waals surface area contributed by atoms with Gasteiger partial charge in [0.1, 0.15) is 0 Å². The molecule has 0 aliphatic carbocycles. The van der Waals surface area contributed by atoms with Gasteiger partial charge in [-0.3, -0.25) is 14.9 Å². The molecule has 0 radical (unpaired) electrons. The number of anilines is 1. The predicted molar refractivity (Wildman–Crippen MR) is 86.0 cm³/mol. The fraction of sp³-hybridized carbons (Fsp3) is 0.250. The average Bonchev–Trinajstić information content (AvgIpc) is 2.54. The number of amides is 2. The topological polar surface area (TPSA) is 93.2 Å². The average molecular weight is 332 g/mol. The first-order valence-corrected chi connectivity index (χ1v) is 7.12. The lowest BCUT2D eigenvalue weighted by atomic mass is 10.1. The van der Waals surface area contributed by atoms with Gasteiger partial charge in [0.15, 0.2) is 11.6 Å². The molecule has 0 spiro atoms. The van der Waals surface area contributed by atoms with Gasteiger partial charge in [0, 0.05) is 18.7 Å². The number of aromatic nitrogens is 2. The molecule has 0 aliphatic rings. The van der Waals surface area contributed by atoms with Crippen molar-refractivity contribution in [3.05, 3.63) is 35.8 Å². The molecule has 0 saturated heterocycles. The summed E-state index contributed by atoms with van der Waals surface area (Å²) in [6, 6.07) is 4.47. The SMILES string of the molecule is COc1ccc(-c2nc(NC(=O)CNC(C)=O)ncc2C)cc1F. The van der Waals surface area contributed by atoms with Crippen molar-refractivity contribution in [3.63, 3.8) is 0 Å². The summed E-state index contributed by atoms with van der Waals surface area (Å²) >= 11 is 0. The molecular weight excluding hydrogens is 315 g/mol. The van der Waals surface area contributed by atoms with Gasteiger partial charge >= 0.3 is 0 Å². The molecule has 1 aromatic heterocycles. The first-order valence-electron chi connectivity index (χ1n) is 7.12. The summed E-state index contributed by atoms with van der Waals surface area (Å²) in [5, 5.41) is 4.85. The molecule has 2 rings (SSSR count). The Morgan fingerprint density at radius 3 is 2.71 bits per heavy atom. The molecule has 2 aromatic rings. The number of carbonyl (C=O) groups is 2. The highest BCUT2D eigenvalue weighted by atomic mass is 19.1. The Hall–Kier alpha value is -3.03. The molecule has 126 valence electrons. The standard InChI is InChI=1S/C16H17FN4O3/c1-9-7-19-16(20-14(23)8-18-10(2)22)21-15(9)11-4-5-13(24-3)12(17)6-11/h4-7H,8H2,1-3H3,(H,18,22)(H,19,20,21,23). The molecule has 24 heavy (non-hydrogen) atoms. The molecule has 0 atom stereocenters. The lowest BCUT2D eigenvalue weighted by Gasteiger charge is -2.10. The van der Waals surface area contributed by atoms with Crippen LogP contribution in [0.2, 0.25) is 0 Å². The number of benzene rings is 1. The third kappa shape index (κ3) is 4.25. The molecule has 0 aliphatic heterocycles. The number of nitrogens with one attached hydrogen (secondary N) is 2. The highest BCUT2D eigenvalue weighted by Crippen LogP contribution is 2.26. The Morgan fingerprint density at radius 1 is 1.33 bits per heavy atom. The van der Waals surface area contributed by atoms with E-state index in [1.807, 2.05) is 0 Å². The van der Waals surface area contributed by atoms with Gasteiger partial charge in [-0.15, -0.1) is 0 Å². The van der Waals surface area contributed by atoms with Crippen LogP contribution in [0.1, 0.15) is 12.5 Å². The molecule has 1 aromatic carbocycles. The molecule has 2 N–H and O–H groups in total. The number of rotatable bonds is 5. The van der Waals surface area contributed by atoms with Crippen LogP contribution in [-0.4, -0.2) is 35.4 Å². The number of ether oxygens (including phenoxy) is 1. The first-order chi connectivity index (χ1) is 11.4. The van der Waals surface area contributed by atoms with Gasteiger partial charge in [-0.25, -0.2) is 14.4 Å². The zero-order valence-corrected chi connectivity index (χ0v) is 13.5. The fourth-order valence-corrected chi connectivity index (χ4v) is 1.98.